The third-order valence-electron chi connectivity index (χ3n) is 4.20. The van der Waals surface area contributed by atoms with Gasteiger partial charge in [0.25, 0.3) is 5.91 Å². The molecule has 1 aliphatic rings. The topological polar surface area (TPSA) is 71.2 Å². The molecular weight excluding hydrogens is 304 g/mol. The lowest BCUT2D eigenvalue weighted by molar-refractivity contribution is -0.135. The highest BCUT2D eigenvalue weighted by Gasteiger charge is 2.25. The molecule has 3 rings (SSSR count). The summed E-state index contributed by atoms with van der Waals surface area (Å²) in [7, 11) is 0. The molecule has 6 nitrogen and oxygen atoms in total. The Morgan fingerprint density at radius 2 is 2.21 bits per heavy atom. The fourth-order valence-electron chi connectivity index (χ4n) is 2.89. The minimum absolute atomic E-state index is 0.0107. The summed E-state index contributed by atoms with van der Waals surface area (Å²) in [6.07, 6.45) is 5.86. The van der Waals surface area contributed by atoms with Crippen LogP contribution in [-0.4, -0.2) is 40.3 Å². The second kappa shape index (κ2) is 7.18. The quantitative estimate of drug-likeness (QED) is 0.865. The summed E-state index contributed by atoms with van der Waals surface area (Å²) in [5.41, 5.74) is 1.70. The summed E-state index contributed by atoms with van der Waals surface area (Å²) in [5, 5.41) is 13.1. The molecule has 124 valence electrons. The molecule has 0 aliphatic carbocycles. The van der Waals surface area contributed by atoms with Crippen molar-refractivity contribution in [2.75, 3.05) is 19.7 Å². The molecule has 24 heavy (non-hydrogen) atoms. The molecular formula is C18H20N4O2. The van der Waals surface area contributed by atoms with Crippen LogP contribution in [0.15, 0.2) is 36.7 Å². The minimum Gasteiger partial charge on any atom is -0.484 e. The number of nitriles is 1. The van der Waals surface area contributed by atoms with Crippen LogP contribution in [0.4, 0.5) is 0 Å². The number of piperidine rings is 1. The van der Waals surface area contributed by atoms with Crippen LogP contribution in [0.2, 0.25) is 0 Å². The van der Waals surface area contributed by atoms with Gasteiger partial charge in [-0.05, 0) is 49.6 Å². The van der Waals surface area contributed by atoms with Gasteiger partial charge < -0.3 is 9.64 Å². The van der Waals surface area contributed by atoms with E-state index >= 15 is 0 Å². The third-order valence-corrected chi connectivity index (χ3v) is 4.20. The zero-order valence-corrected chi connectivity index (χ0v) is 13.7. The van der Waals surface area contributed by atoms with E-state index in [9.17, 15) is 4.79 Å². The summed E-state index contributed by atoms with van der Waals surface area (Å²) < 4.78 is 7.50. The molecule has 0 N–H and O–H groups in total. The Bertz CT molecular complexity index is 745. The maximum Gasteiger partial charge on any atom is 0.260 e. The monoisotopic (exact) mass is 324 g/mol. The number of hydrogen-bond donors (Lipinski definition) is 0. The Balaban J connectivity index is 1.55. The predicted octanol–water partition coefficient (Wildman–Crippen LogP) is 2.31. The van der Waals surface area contributed by atoms with Gasteiger partial charge in [-0.15, -0.1) is 0 Å². The van der Waals surface area contributed by atoms with Gasteiger partial charge in [-0.25, -0.2) is 0 Å². The molecule has 0 saturated carbocycles. The first-order chi connectivity index (χ1) is 11.7. The number of rotatable bonds is 4. The predicted molar refractivity (Wildman–Crippen MR) is 88.5 cm³/mol. The van der Waals surface area contributed by atoms with E-state index in [1.165, 1.54) is 0 Å². The van der Waals surface area contributed by atoms with Gasteiger partial charge in [0.1, 0.15) is 5.75 Å². The van der Waals surface area contributed by atoms with E-state index in [1.807, 2.05) is 28.9 Å². The number of nitrogens with zero attached hydrogens (tertiary/aromatic N) is 4. The highest BCUT2D eigenvalue weighted by Crippen LogP contribution is 2.21. The van der Waals surface area contributed by atoms with Gasteiger partial charge in [0, 0.05) is 19.3 Å². The van der Waals surface area contributed by atoms with Crippen molar-refractivity contribution >= 4 is 5.91 Å². The van der Waals surface area contributed by atoms with E-state index in [2.05, 4.69) is 11.2 Å². The number of aryl methyl sites for hydroxylation is 1. The standard InChI is InChI=1S/C18H20N4O2/c1-14-10-20-22(11-14)16-3-2-8-21(12-16)18(23)13-24-17-6-4-15(9-19)5-7-17/h4-7,10-11,16H,2-3,8,12-13H2,1H3/t16-/m1/s1. The van der Waals surface area contributed by atoms with Crippen LogP contribution in [0.3, 0.4) is 0 Å². The van der Waals surface area contributed by atoms with Crippen LogP contribution in [0.1, 0.15) is 30.0 Å². The minimum atomic E-state index is -0.0204. The van der Waals surface area contributed by atoms with Gasteiger partial charge in [0.2, 0.25) is 0 Å². The van der Waals surface area contributed by atoms with Crippen LogP contribution >= 0.6 is 0 Å². The average Bonchev–Trinajstić information content (AvgIpc) is 3.06. The van der Waals surface area contributed by atoms with Gasteiger partial charge in [-0.1, -0.05) is 0 Å². The van der Waals surface area contributed by atoms with Crippen molar-refractivity contribution < 1.29 is 9.53 Å². The van der Waals surface area contributed by atoms with Gasteiger partial charge in [-0.2, -0.15) is 10.4 Å². The SMILES string of the molecule is Cc1cnn([C@@H]2CCCN(C(=O)COc3ccc(C#N)cc3)C2)c1. The molecule has 1 aromatic heterocycles. The second-order valence-corrected chi connectivity index (χ2v) is 6.06. The van der Waals surface area contributed by atoms with E-state index < -0.39 is 0 Å². The molecule has 0 spiro atoms. The van der Waals surface area contributed by atoms with Gasteiger partial charge in [-0.3, -0.25) is 9.48 Å². The van der Waals surface area contributed by atoms with Crippen LogP contribution < -0.4 is 4.74 Å². The first kappa shape index (κ1) is 16.1. The molecule has 2 heterocycles. The molecule has 0 unspecified atom stereocenters. The number of ether oxygens (including phenoxy) is 1. The van der Waals surface area contributed by atoms with E-state index in [4.69, 9.17) is 10.00 Å². The summed E-state index contributed by atoms with van der Waals surface area (Å²) >= 11 is 0. The van der Waals surface area contributed by atoms with Crippen molar-refractivity contribution in [2.45, 2.75) is 25.8 Å². The Kier molecular flexibility index (Phi) is 4.80. The number of likely N-dealkylation sites (tertiary alicyclic amines) is 1. The number of hydrogen-bond acceptors (Lipinski definition) is 4. The van der Waals surface area contributed by atoms with Crippen molar-refractivity contribution in [3.05, 3.63) is 47.8 Å². The lowest BCUT2D eigenvalue weighted by Crippen LogP contribution is -2.43. The first-order valence-electron chi connectivity index (χ1n) is 8.07. The van der Waals surface area contributed by atoms with Crippen LogP contribution in [0.25, 0.3) is 0 Å². The number of aromatic nitrogens is 2. The molecule has 1 amide bonds. The van der Waals surface area contributed by atoms with Gasteiger partial charge in [0.15, 0.2) is 6.61 Å². The summed E-state index contributed by atoms with van der Waals surface area (Å²) in [6, 6.07) is 9.05. The molecule has 1 saturated heterocycles. The fourth-order valence-corrected chi connectivity index (χ4v) is 2.89. The number of amides is 1. The largest absolute Gasteiger partial charge is 0.484 e. The van der Waals surface area contributed by atoms with Crippen molar-refractivity contribution in [3.63, 3.8) is 0 Å². The van der Waals surface area contributed by atoms with E-state index in [-0.39, 0.29) is 18.6 Å². The zero-order valence-electron chi connectivity index (χ0n) is 13.7. The summed E-state index contributed by atoms with van der Waals surface area (Å²) in [6.45, 7) is 3.44. The van der Waals surface area contributed by atoms with E-state index in [0.717, 1.165) is 24.9 Å². The van der Waals surface area contributed by atoms with Crippen LogP contribution in [0, 0.1) is 18.3 Å². The molecule has 6 heteroatoms. The Labute approximate surface area is 141 Å². The average molecular weight is 324 g/mol. The van der Waals surface area contributed by atoms with Gasteiger partial charge in [0.05, 0.1) is 23.9 Å². The molecule has 1 fully saturated rings. The fraction of sp³-hybridized carbons (Fsp3) is 0.389. The summed E-state index contributed by atoms with van der Waals surface area (Å²) in [5.74, 6) is 0.576. The highest BCUT2D eigenvalue weighted by atomic mass is 16.5. The van der Waals surface area contributed by atoms with E-state index in [1.54, 1.807) is 24.3 Å². The lowest BCUT2D eigenvalue weighted by atomic mass is 10.1. The van der Waals surface area contributed by atoms with Crippen molar-refractivity contribution in [2.24, 2.45) is 0 Å². The highest BCUT2D eigenvalue weighted by molar-refractivity contribution is 5.77. The lowest BCUT2D eigenvalue weighted by Gasteiger charge is -2.32. The number of carbonyl (C=O) groups is 1. The second-order valence-electron chi connectivity index (χ2n) is 6.06. The van der Waals surface area contributed by atoms with Crippen LogP contribution in [0.5, 0.6) is 5.75 Å². The Hall–Kier alpha value is -2.81. The summed E-state index contributed by atoms with van der Waals surface area (Å²) in [4.78, 5) is 14.2. The Morgan fingerprint density at radius 1 is 1.42 bits per heavy atom. The van der Waals surface area contributed by atoms with E-state index in [0.29, 0.717) is 17.9 Å². The smallest absolute Gasteiger partial charge is 0.260 e. The number of carbonyl (C=O) groups excluding carboxylic acids is 1. The molecule has 2 aromatic rings. The van der Waals surface area contributed by atoms with Crippen molar-refractivity contribution in [3.8, 4) is 11.8 Å². The normalized spacial score (nSPS) is 17.3. The molecule has 1 atom stereocenters. The molecule has 0 bridgehead atoms. The maximum atomic E-state index is 12.4. The Morgan fingerprint density at radius 3 is 2.88 bits per heavy atom. The first-order valence-corrected chi connectivity index (χ1v) is 8.07. The van der Waals surface area contributed by atoms with Gasteiger partial charge >= 0.3 is 0 Å². The molecule has 1 aromatic carbocycles. The third kappa shape index (κ3) is 3.74. The van der Waals surface area contributed by atoms with Crippen molar-refractivity contribution in [1.29, 1.82) is 5.26 Å². The zero-order chi connectivity index (χ0) is 16.9. The molecule has 0 radical (unpaired) electrons. The number of benzene rings is 1. The maximum absolute atomic E-state index is 12.4. The molecule has 1 aliphatic heterocycles. The van der Waals surface area contributed by atoms with Crippen molar-refractivity contribution in [1.82, 2.24) is 14.7 Å². The van der Waals surface area contributed by atoms with Crippen LogP contribution in [-0.2, 0) is 4.79 Å².